The molecule has 96 valence electrons. The van der Waals surface area contributed by atoms with Crippen LogP contribution in [0.1, 0.15) is 31.4 Å². The minimum atomic E-state index is 0.0399. The molecule has 0 aromatic carbocycles. The Morgan fingerprint density at radius 1 is 1.33 bits per heavy atom. The molecule has 1 unspecified atom stereocenters. The average molecular weight is 309 g/mol. The Hall–Kier alpha value is -1.20. The Morgan fingerprint density at radius 3 is 2.78 bits per heavy atom. The van der Waals surface area contributed by atoms with Crippen molar-refractivity contribution in [2.75, 3.05) is 6.54 Å². The fourth-order valence-corrected chi connectivity index (χ4v) is 2.17. The van der Waals surface area contributed by atoms with Crippen molar-refractivity contribution in [2.24, 2.45) is 0 Å². The van der Waals surface area contributed by atoms with Gasteiger partial charge in [-0.15, -0.1) is 0 Å². The molecule has 2 heterocycles. The van der Waals surface area contributed by atoms with Gasteiger partial charge in [-0.2, -0.15) is 0 Å². The van der Waals surface area contributed by atoms with E-state index >= 15 is 0 Å². The third kappa shape index (κ3) is 2.79. The van der Waals surface area contributed by atoms with Crippen molar-refractivity contribution in [1.82, 2.24) is 19.9 Å². The number of hydrogen-bond donors (Lipinski definition) is 1. The molecule has 0 saturated carbocycles. The maximum Gasteiger partial charge on any atom is 0.132 e. The molecule has 1 N–H and O–H groups in total. The predicted octanol–water partition coefficient (Wildman–Crippen LogP) is 2.76. The van der Waals surface area contributed by atoms with Crippen LogP contribution < -0.4 is 5.32 Å². The highest BCUT2D eigenvalue weighted by Crippen LogP contribution is 2.20. The molecule has 5 heteroatoms. The minimum Gasteiger partial charge on any atom is -0.334 e. The van der Waals surface area contributed by atoms with Crippen molar-refractivity contribution >= 4 is 15.9 Å². The lowest BCUT2D eigenvalue weighted by Gasteiger charge is -2.18. The smallest absolute Gasteiger partial charge is 0.132 e. The minimum absolute atomic E-state index is 0.0399. The van der Waals surface area contributed by atoms with Gasteiger partial charge in [-0.1, -0.05) is 6.92 Å². The first-order valence-electron chi connectivity index (χ1n) is 6.12. The average Bonchev–Trinajstić information content (AvgIpc) is 2.85. The van der Waals surface area contributed by atoms with Gasteiger partial charge in [0.05, 0.1) is 5.69 Å². The summed E-state index contributed by atoms with van der Waals surface area (Å²) in [6.45, 7) is 5.99. The quantitative estimate of drug-likeness (QED) is 0.923. The van der Waals surface area contributed by atoms with E-state index in [1.807, 2.05) is 30.7 Å². The van der Waals surface area contributed by atoms with E-state index in [2.05, 4.69) is 49.6 Å². The van der Waals surface area contributed by atoms with E-state index in [0.29, 0.717) is 0 Å². The number of halogens is 1. The van der Waals surface area contributed by atoms with Crippen molar-refractivity contribution in [1.29, 1.82) is 0 Å². The zero-order chi connectivity index (χ0) is 13.0. The number of aryl methyl sites for hydroxylation is 1. The SMILES string of the molecule is CCNC(c1ccc(Br)cn1)c1nccn1CC. The first kappa shape index (κ1) is 13.2. The maximum atomic E-state index is 4.47. The Bertz CT molecular complexity index is 492. The first-order valence-corrected chi connectivity index (χ1v) is 6.91. The van der Waals surface area contributed by atoms with Gasteiger partial charge in [0.1, 0.15) is 11.9 Å². The zero-order valence-corrected chi connectivity index (χ0v) is 12.2. The molecule has 0 radical (unpaired) electrons. The molecule has 4 nitrogen and oxygen atoms in total. The van der Waals surface area contributed by atoms with E-state index < -0.39 is 0 Å². The number of aromatic nitrogens is 3. The summed E-state index contributed by atoms with van der Waals surface area (Å²) in [4.78, 5) is 8.92. The number of pyridine rings is 1. The largest absolute Gasteiger partial charge is 0.334 e. The molecule has 0 amide bonds. The third-order valence-corrected chi connectivity index (χ3v) is 3.27. The van der Waals surface area contributed by atoms with E-state index in [1.54, 1.807) is 0 Å². The summed E-state index contributed by atoms with van der Waals surface area (Å²) in [7, 11) is 0. The Kier molecular flexibility index (Phi) is 4.49. The van der Waals surface area contributed by atoms with Crippen molar-refractivity contribution in [3.8, 4) is 0 Å². The van der Waals surface area contributed by atoms with Gasteiger partial charge < -0.3 is 9.88 Å². The van der Waals surface area contributed by atoms with Crippen LogP contribution in [0, 0.1) is 0 Å². The van der Waals surface area contributed by atoms with Gasteiger partial charge in [-0.05, 0) is 41.5 Å². The van der Waals surface area contributed by atoms with Crippen LogP contribution in [-0.2, 0) is 6.54 Å². The molecule has 0 saturated heterocycles. The van der Waals surface area contributed by atoms with Crippen LogP contribution in [-0.4, -0.2) is 21.1 Å². The van der Waals surface area contributed by atoms with Gasteiger partial charge in [0, 0.05) is 29.6 Å². The van der Waals surface area contributed by atoms with E-state index in [4.69, 9.17) is 0 Å². The first-order chi connectivity index (χ1) is 8.76. The summed E-state index contributed by atoms with van der Waals surface area (Å²) in [6.07, 6.45) is 5.65. The highest BCUT2D eigenvalue weighted by Gasteiger charge is 2.18. The van der Waals surface area contributed by atoms with Gasteiger partial charge in [0.15, 0.2) is 0 Å². The monoisotopic (exact) mass is 308 g/mol. The molecule has 0 spiro atoms. The van der Waals surface area contributed by atoms with E-state index in [0.717, 1.165) is 29.1 Å². The number of nitrogens with one attached hydrogen (secondary N) is 1. The molecular formula is C13H17BrN4. The van der Waals surface area contributed by atoms with Crippen molar-refractivity contribution in [2.45, 2.75) is 26.4 Å². The maximum absolute atomic E-state index is 4.47. The second-order valence-electron chi connectivity index (χ2n) is 3.96. The van der Waals surface area contributed by atoms with Crippen LogP contribution in [0.5, 0.6) is 0 Å². The Morgan fingerprint density at radius 2 is 2.17 bits per heavy atom. The van der Waals surface area contributed by atoms with Crippen LogP contribution >= 0.6 is 15.9 Å². The van der Waals surface area contributed by atoms with E-state index in [1.165, 1.54) is 0 Å². The van der Waals surface area contributed by atoms with Crippen molar-refractivity contribution < 1.29 is 0 Å². The lowest BCUT2D eigenvalue weighted by atomic mass is 10.1. The molecular weight excluding hydrogens is 292 g/mol. The Labute approximate surface area is 116 Å². The topological polar surface area (TPSA) is 42.7 Å². The number of imidazole rings is 1. The lowest BCUT2D eigenvalue weighted by molar-refractivity contribution is 0.548. The second-order valence-corrected chi connectivity index (χ2v) is 4.88. The second kappa shape index (κ2) is 6.11. The van der Waals surface area contributed by atoms with Crippen LogP contribution in [0.15, 0.2) is 35.2 Å². The third-order valence-electron chi connectivity index (χ3n) is 2.80. The summed E-state index contributed by atoms with van der Waals surface area (Å²) in [5, 5.41) is 3.43. The molecule has 0 fully saturated rings. The Balaban J connectivity index is 2.36. The molecule has 18 heavy (non-hydrogen) atoms. The highest BCUT2D eigenvalue weighted by molar-refractivity contribution is 9.10. The van der Waals surface area contributed by atoms with Crippen LogP contribution in [0.3, 0.4) is 0 Å². The highest BCUT2D eigenvalue weighted by atomic mass is 79.9. The van der Waals surface area contributed by atoms with Crippen molar-refractivity contribution in [3.63, 3.8) is 0 Å². The fraction of sp³-hybridized carbons (Fsp3) is 0.385. The normalized spacial score (nSPS) is 12.6. The van der Waals surface area contributed by atoms with Gasteiger partial charge in [-0.25, -0.2) is 4.98 Å². The molecule has 2 aromatic rings. The molecule has 0 aliphatic heterocycles. The molecule has 1 atom stereocenters. The molecule has 0 aliphatic carbocycles. The van der Waals surface area contributed by atoms with E-state index in [-0.39, 0.29) is 6.04 Å². The van der Waals surface area contributed by atoms with Gasteiger partial charge >= 0.3 is 0 Å². The fourth-order valence-electron chi connectivity index (χ4n) is 1.94. The summed E-state index contributed by atoms with van der Waals surface area (Å²) in [5.74, 6) is 1.01. The molecule has 0 bridgehead atoms. The van der Waals surface area contributed by atoms with Gasteiger partial charge in [0.25, 0.3) is 0 Å². The van der Waals surface area contributed by atoms with Gasteiger partial charge in [-0.3, -0.25) is 4.98 Å². The van der Waals surface area contributed by atoms with Crippen LogP contribution in [0.4, 0.5) is 0 Å². The van der Waals surface area contributed by atoms with Gasteiger partial charge in [0.2, 0.25) is 0 Å². The molecule has 2 rings (SSSR count). The summed E-state index contributed by atoms with van der Waals surface area (Å²) in [5.41, 5.74) is 0.987. The molecule has 0 aliphatic rings. The van der Waals surface area contributed by atoms with Crippen LogP contribution in [0.2, 0.25) is 0 Å². The lowest BCUT2D eigenvalue weighted by Crippen LogP contribution is -2.26. The molecule has 2 aromatic heterocycles. The predicted molar refractivity (Wildman–Crippen MR) is 75.4 cm³/mol. The summed E-state index contributed by atoms with van der Waals surface area (Å²) < 4.78 is 3.12. The van der Waals surface area contributed by atoms with Crippen LogP contribution in [0.25, 0.3) is 0 Å². The summed E-state index contributed by atoms with van der Waals surface area (Å²) in [6, 6.07) is 4.07. The number of nitrogens with zero attached hydrogens (tertiary/aromatic N) is 3. The number of hydrogen-bond acceptors (Lipinski definition) is 3. The summed E-state index contributed by atoms with van der Waals surface area (Å²) >= 11 is 3.41. The standard InChI is InChI=1S/C13H17BrN4/c1-3-15-12(11-6-5-10(14)9-17-11)13-16-7-8-18(13)4-2/h5-9,12,15H,3-4H2,1-2H3. The van der Waals surface area contributed by atoms with Crippen molar-refractivity contribution in [3.05, 3.63) is 46.7 Å². The van der Waals surface area contributed by atoms with E-state index in [9.17, 15) is 0 Å². The zero-order valence-electron chi connectivity index (χ0n) is 10.6. The number of rotatable bonds is 5.